The van der Waals surface area contributed by atoms with Crippen LogP contribution in [-0.4, -0.2) is 43.4 Å². The Hall–Kier alpha value is -2.47. The molecule has 4 rings (SSSR count). The molecular weight excluding hydrogens is 322 g/mol. The van der Waals surface area contributed by atoms with Crippen LogP contribution in [0, 0.1) is 0 Å². The van der Waals surface area contributed by atoms with Crippen LogP contribution in [0.1, 0.15) is 0 Å². The van der Waals surface area contributed by atoms with Crippen molar-refractivity contribution < 1.29 is 9.84 Å². The molecule has 1 aliphatic heterocycles. The summed E-state index contributed by atoms with van der Waals surface area (Å²) in [5.74, 6) is 1.17. The predicted molar refractivity (Wildman–Crippen MR) is 98.7 cm³/mol. The maximum Gasteiger partial charge on any atom is 0.186 e. The smallest absolute Gasteiger partial charge is 0.186 e. The first-order valence-corrected chi connectivity index (χ1v) is 8.79. The van der Waals surface area contributed by atoms with Crippen molar-refractivity contribution in [1.29, 1.82) is 0 Å². The number of rotatable bonds is 3. The maximum atomic E-state index is 10.0. The number of aromatic hydroxyl groups is 1. The molecule has 0 saturated carbocycles. The van der Waals surface area contributed by atoms with Gasteiger partial charge in [-0.25, -0.2) is 4.98 Å². The Labute approximate surface area is 144 Å². The zero-order valence-corrected chi connectivity index (χ0v) is 14.3. The number of nitrogens with zero attached hydrogens (tertiary/aromatic N) is 3. The highest BCUT2D eigenvalue weighted by atomic mass is 32.1. The molecule has 3 aromatic rings. The third-order valence-electron chi connectivity index (χ3n) is 4.36. The van der Waals surface area contributed by atoms with Gasteiger partial charge in [0.05, 0.1) is 17.5 Å². The van der Waals surface area contributed by atoms with Crippen molar-refractivity contribution in [3.63, 3.8) is 0 Å². The number of aromatic nitrogens is 1. The Bertz CT molecular complexity index is 856. The van der Waals surface area contributed by atoms with Gasteiger partial charge in [0.15, 0.2) is 5.13 Å². The van der Waals surface area contributed by atoms with Gasteiger partial charge in [-0.15, -0.1) is 0 Å². The summed E-state index contributed by atoms with van der Waals surface area (Å²) in [7, 11) is 1.68. The third kappa shape index (κ3) is 2.63. The number of phenols is 1. The lowest BCUT2D eigenvalue weighted by atomic mass is 10.2. The number of hydrogen-bond donors (Lipinski definition) is 1. The van der Waals surface area contributed by atoms with Gasteiger partial charge in [0.1, 0.15) is 17.0 Å². The summed E-state index contributed by atoms with van der Waals surface area (Å²) >= 11 is 1.70. The van der Waals surface area contributed by atoms with E-state index in [1.807, 2.05) is 30.3 Å². The molecule has 1 fully saturated rings. The fourth-order valence-corrected chi connectivity index (χ4v) is 4.12. The van der Waals surface area contributed by atoms with E-state index >= 15 is 0 Å². The minimum atomic E-state index is 0.343. The number of fused-ring (bicyclic) bond motifs is 1. The standard InChI is InChI=1S/C18H19N3O2S/c1-23-15-7-4-8-16-17(15)19-18(24-16)21-11-9-20(10-12-21)13-5-2-3-6-14(13)22/h2-8,22H,9-12H2,1H3. The number of methoxy groups -OCH3 is 1. The normalized spacial score (nSPS) is 15.0. The summed E-state index contributed by atoms with van der Waals surface area (Å²) in [5, 5.41) is 11.1. The van der Waals surface area contributed by atoms with Crippen molar-refractivity contribution in [3.05, 3.63) is 42.5 Å². The number of piperazine rings is 1. The SMILES string of the molecule is COc1cccc2sc(N3CCN(c4ccccc4O)CC3)nc12. The van der Waals surface area contributed by atoms with Crippen molar-refractivity contribution in [1.82, 2.24) is 4.98 Å². The van der Waals surface area contributed by atoms with E-state index in [1.54, 1.807) is 24.5 Å². The van der Waals surface area contributed by atoms with E-state index in [0.717, 1.165) is 53.0 Å². The number of benzene rings is 2. The summed E-state index contributed by atoms with van der Waals surface area (Å²) in [6.07, 6.45) is 0. The second-order valence-electron chi connectivity index (χ2n) is 5.77. The van der Waals surface area contributed by atoms with Gasteiger partial charge in [0, 0.05) is 26.2 Å². The lowest BCUT2D eigenvalue weighted by Crippen LogP contribution is -2.46. The van der Waals surface area contributed by atoms with Gasteiger partial charge in [0.25, 0.3) is 0 Å². The monoisotopic (exact) mass is 341 g/mol. The molecule has 2 heterocycles. The van der Waals surface area contributed by atoms with E-state index in [1.165, 1.54) is 0 Å². The Kier molecular flexibility index (Phi) is 3.90. The molecule has 1 aliphatic rings. The quantitative estimate of drug-likeness (QED) is 0.792. The van der Waals surface area contributed by atoms with Crippen LogP contribution >= 0.6 is 11.3 Å². The van der Waals surface area contributed by atoms with Gasteiger partial charge >= 0.3 is 0 Å². The van der Waals surface area contributed by atoms with Crippen LogP contribution in [0.5, 0.6) is 11.5 Å². The molecule has 1 N–H and O–H groups in total. The molecule has 0 aliphatic carbocycles. The molecule has 0 spiro atoms. The first-order chi connectivity index (χ1) is 11.8. The highest BCUT2D eigenvalue weighted by molar-refractivity contribution is 7.22. The fourth-order valence-electron chi connectivity index (χ4n) is 3.08. The first-order valence-electron chi connectivity index (χ1n) is 7.97. The van der Waals surface area contributed by atoms with E-state index in [2.05, 4.69) is 15.9 Å². The Balaban J connectivity index is 1.53. The highest BCUT2D eigenvalue weighted by Gasteiger charge is 2.22. The van der Waals surface area contributed by atoms with Crippen LogP contribution < -0.4 is 14.5 Å². The maximum absolute atomic E-state index is 10.0. The van der Waals surface area contributed by atoms with Gasteiger partial charge in [-0.2, -0.15) is 0 Å². The minimum Gasteiger partial charge on any atom is -0.506 e. The summed E-state index contributed by atoms with van der Waals surface area (Å²) in [6.45, 7) is 3.50. The Morgan fingerprint density at radius 2 is 1.75 bits per heavy atom. The second-order valence-corrected chi connectivity index (χ2v) is 6.78. The van der Waals surface area contributed by atoms with Crippen LogP contribution in [0.15, 0.2) is 42.5 Å². The molecule has 0 unspecified atom stereocenters. The lowest BCUT2D eigenvalue weighted by Gasteiger charge is -2.36. The summed E-state index contributed by atoms with van der Waals surface area (Å²) in [5.41, 5.74) is 1.84. The van der Waals surface area contributed by atoms with E-state index in [9.17, 15) is 5.11 Å². The third-order valence-corrected chi connectivity index (χ3v) is 5.44. The lowest BCUT2D eigenvalue weighted by molar-refractivity contribution is 0.419. The zero-order valence-electron chi connectivity index (χ0n) is 13.5. The molecule has 6 heteroatoms. The zero-order chi connectivity index (χ0) is 16.5. The second kappa shape index (κ2) is 6.20. The molecule has 1 saturated heterocycles. The summed E-state index contributed by atoms with van der Waals surface area (Å²) in [6, 6.07) is 13.5. The van der Waals surface area contributed by atoms with E-state index in [-0.39, 0.29) is 0 Å². The molecule has 124 valence electrons. The average molecular weight is 341 g/mol. The number of para-hydroxylation sites is 3. The number of phenolic OH excluding ortho intramolecular Hbond substituents is 1. The van der Waals surface area contributed by atoms with E-state index in [0.29, 0.717) is 5.75 Å². The van der Waals surface area contributed by atoms with Crippen LogP contribution in [0.25, 0.3) is 10.2 Å². The van der Waals surface area contributed by atoms with Crippen LogP contribution in [0.3, 0.4) is 0 Å². The van der Waals surface area contributed by atoms with Crippen molar-refractivity contribution in [2.75, 3.05) is 43.1 Å². The molecule has 0 atom stereocenters. The van der Waals surface area contributed by atoms with Crippen LogP contribution in [0.4, 0.5) is 10.8 Å². The largest absolute Gasteiger partial charge is 0.506 e. The Morgan fingerprint density at radius 1 is 1.00 bits per heavy atom. The first kappa shape index (κ1) is 15.1. The minimum absolute atomic E-state index is 0.343. The topological polar surface area (TPSA) is 48.8 Å². The molecule has 2 aromatic carbocycles. The molecular formula is C18H19N3O2S. The van der Waals surface area contributed by atoms with Crippen molar-refractivity contribution in [2.24, 2.45) is 0 Å². The van der Waals surface area contributed by atoms with E-state index in [4.69, 9.17) is 9.72 Å². The molecule has 24 heavy (non-hydrogen) atoms. The highest BCUT2D eigenvalue weighted by Crippen LogP contribution is 2.35. The number of hydrogen-bond acceptors (Lipinski definition) is 6. The number of ether oxygens (including phenoxy) is 1. The van der Waals surface area contributed by atoms with Gasteiger partial charge in [0.2, 0.25) is 0 Å². The summed E-state index contributed by atoms with van der Waals surface area (Å²) in [4.78, 5) is 9.30. The van der Waals surface area contributed by atoms with Crippen LogP contribution in [-0.2, 0) is 0 Å². The molecule has 0 radical (unpaired) electrons. The van der Waals surface area contributed by atoms with Gasteiger partial charge in [-0.1, -0.05) is 29.5 Å². The van der Waals surface area contributed by atoms with E-state index < -0.39 is 0 Å². The van der Waals surface area contributed by atoms with Crippen LogP contribution in [0.2, 0.25) is 0 Å². The molecule has 0 bridgehead atoms. The molecule has 5 nitrogen and oxygen atoms in total. The van der Waals surface area contributed by atoms with Crippen molar-refractivity contribution in [2.45, 2.75) is 0 Å². The van der Waals surface area contributed by atoms with Gasteiger partial charge in [-0.05, 0) is 24.3 Å². The fraction of sp³-hybridized carbons (Fsp3) is 0.278. The predicted octanol–water partition coefficient (Wildman–Crippen LogP) is 3.34. The number of anilines is 2. The summed E-state index contributed by atoms with van der Waals surface area (Å²) < 4.78 is 6.55. The van der Waals surface area contributed by atoms with Gasteiger partial charge < -0.3 is 19.6 Å². The number of thiazole rings is 1. The van der Waals surface area contributed by atoms with Gasteiger partial charge in [-0.3, -0.25) is 0 Å². The molecule has 1 aromatic heterocycles. The Morgan fingerprint density at radius 3 is 2.50 bits per heavy atom. The average Bonchev–Trinajstić information content (AvgIpc) is 3.06. The molecule has 0 amide bonds. The van der Waals surface area contributed by atoms with Crippen molar-refractivity contribution in [3.8, 4) is 11.5 Å². The van der Waals surface area contributed by atoms with Crippen molar-refractivity contribution >= 4 is 32.4 Å².